The Morgan fingerprint density at radius 3 is 2.93 bits per heavy atom. The van der Waals surface area contributed by atoms with E-state index < -0.39 is 0 Å². The summed E-state index contributed by atoms with van der Waals surface area (Å²) in [6.07, 6.45) is 0.725. The molecule has 8 nitrogen and oxygen atoms in total. The molecule has 1 aromatic carbocycles. The van der Waals surface area contributed by atoms with Gasteiger partial charge in [0.25, 0.3) is 5.91 Å². The fourth-order valence-corrected chi connectivity index (χ4v) is 4.41. The maximum Gasteiger partial charge on any atom is 0.279 e. The predicted molar refractivity (Wildman–Crippen MR) is 114 cm³/mol. The molecule has 3 aromatic rings. The monoisotopic (exact) mass is 445 g/mol. The van der Waals surface area contributed by atoms with Crippen molar-refractivity contribution in [3.05, 3.63) is 62.9 Å². The lowest BCUT2D eigenvalue weighted by atomic mass is 10.2. The molecule has 2 amide bonds. The van der Waals surface area contributed by atoms with Crippen molar-refractivity contribution in [1.82, 2.24) is 20.4 Å². The van der Waals surface area contributed by atoms with Crippen molar-refractivity contribution in [1.29, 1.82) is 0 Å². The van der Waals surface area contributed by atoms with Gasteiger partial charge in [-0.05, 0) is 18.6 Å². The molecule has 0 atom stereocenters. The Kier molecular flexibility index (Phi) is 6.12. The Labute approximate surface area is 182 Å². The normalized spacial score (nSPS) is 13.7. The molecule has 0 aliphatic carbocycles. The highest BCUT2D eigenvalue weighted by molar-refractivity contribution is 7.15. The van der Waals surface area contributed by atoms with Crippen LogP contribution in [0.3, 0.4) is 0 Å². The van der Waals surface area contributed by atoms with Crippen LogP contribution in [0.4, 0.5) is 5.13 Å². The van der Waals surface area contributed by atoms with Gasteiger partial charge in [0.05, 0.1) is 12.2 Å². The number of hydrogen-bond acceptors (Lipinski definition) is 7. The number of nitrogens with zero attached hydrogens (tertiary/aromatic N) is 3. The summed E-state index contributed by atoms with van der Waals surface area (Å²) in [5.74, 6) is 0.161. The van der Waals surface area contributed by atoms with Crippen molar-refractivity contribution < 1.29 is 14.1 Å². The number of amides is 2. The third kappa shape index (κ3) is 4.86. The van der Waals surface area contributed by atoms with Gasteiger partial charge in [-0.15, -0.1) is 11.3 Å². The van der Waals surface area contributed by atoms with E-state index in [1.165, 1.54) is 11.3 Å². The van der Waals surface area contributed by atoms with Crippen molar-refractivity contribution in [2.24, 2.45) is 0 Å². The zero-order valence-corrected chi connectivity index (χ0v) is 17.8. The number of benzene rings is 1. The molecule has 156 valence electrons. The number of rotatable bonds is 6. The Morgan fingerprint density at radius 1 is 1.33 bits per heavy atom. The van der Waals surface area contributed by atoms with Gasteiger partial charge in [0.15, 0.2) is 10.8 Å². The number of halogens is 1. The summed E-state index contributed by atoms with van der Waals surface area (Å²) in [4.78, 5) is 32.2. The third-order valence-corrected chi connectivity index (χ3v) is 6.06. The standard InChI is InChI=1S/C20H20ClN5O3S/c1-12-8-16(25-29-12)19(28)24-20-23-15-6-7-26(10-17(15)30-20)11-18(27)22-9-13-4-2-3-5-14(13)21/h2-5,8H,6-7,9-11H2,1H3,(H,22,27)(H,23,24,28). The Morgan fingerprint density at radius 2 is 2.17 bits per heavy atom. The minimum absolute atomic E-state index is 0.0576. The number of aromatic nitrogens is 2. The van der Waals surface area contributed by atoms with E-state index in [1.807, 2.05) is 18.2 Å². The van der Waals surface area contributed by atoms with Gasteiger partial charge in [0.2, 0.25) is 5.91 Å². The Bertz CT molecular complexity index is 1080. The van der Waals surface area contributed by atoms with E-state index in [2.05, 4.69) is 25.7 Å². The Balaban J connectivity index is 1.31. The van der Waals surface area contributed by atoms with Crippen LogP contribution in [-0.2, 0) is 24.3 Å². The molecule has 0 spiro atoms. The number of aryl methyl sites for hydroxylation is 1. The van der Waals surface area contributed by atoms with Crippen molar-refractivity contribution >= 4 is 39.9 Å². The summed E-state index contributed by atoms with van der Waals surface area (Å²) in [5, 5.41) is 10.6. The summed E-state index contributed by atoms with van der Waals surface area (Å²) in [5.41, 5.74) is 2.07. The van der Waals surface area contributed by atoms with Crippen molar-refractivity contribution in [3.63, 3.8) is 0 Å². The largest absolute Gasteiger partial charge is 0.361 e. The zero-order valence-electron chi connectivity index (χ0n) is 16.3. The quantitative estimate of drug-likeness (QED) is 0.605. The summed E-state index contributed by atoms with van der Waals surface area (Å²) in [6.45, 7) is 3.76. The van der Waals surface area contributed by atoms with Crippen LogP contribution >= 0.6 is 22.9 Å². The molecule has 0 bridgehead atoms. The average Bonchev–Trinajstić information content (AvgIpc) is 3.32. The summed E-state index contributed by atoms with van der Waals surface area (Å²) < 4.78 is 4.93. The predicted octanol–water partition coefficient (Wildman–Crippen LogP) is 3.02. The fourth-order valence-electron chi connectivity index (χ4n) is 3.17. The maximum absolute atomic E-state index is 12.3. The van der Waals surface area contributed by atoms with Gasteiger partial charge in [0.1, 0.15) is 5.76 Å². The summed E-state index contributed by atoms with van der Waals surface area (Å²) in [7, 11) is 0. The van der Waals surface area contributed by atoms with E-state index in [-0.39, 0.29) is 17.5 Å². The molecule has 0 unspecified atom stereocenters. The number of carbonyl (C=O) groups excluding carboxylic acids is 2. The van der Waals surface area contributed by atoms with Crippen LogP contribution in [0.15, 0.2) is 34.9 Å². The van der Waals surface area contributed by atoms with Gasteiger partial charge < -0.3 is 9.84 Å². The van der Waals surface area contributed by atoms with Crippen LogP contribution < -0.4 is 10.6 Å². The minimum atomic E-state index is -0.353. The van der Waals surface area contributed by atoms with E-state index >= 15 is 0 Å². The molecular weight excluding hydrogens is 426 g/mol. The Hall–Kier alpha value is -2.75. The second-order valence-corrected chi connectivity index (χ2v) is 8.49. The zero-order chi connectivity index (χ0) is 21.1. The van der Waals surface area contributed by atoms with Crippen molar-refractivity contribution in [3.8, 4) is 0 Å². The topological polar surface area (TPSA) is 100 Å². The van der Waals surface area contributed by atoms with Crippen LogP contribution in [0.2, 0.25) is 5.02 Å². The van der Waals surface area contributed by atoms with Crippen LogP contribution in [0.1, 0.15) is 32.4 Å². The number of hydrogen-bond donors (Lipinski definition) is 2. The first-order valence-corrected chi connectivity index (χ1v) is 10.6. The van der Waals surface area contributed by atoms with Gasteiger partial charge in [-0.1, -0.05) is 35.0 Å². The second-order valence-electron chi connectivity index (χ2n) is 6.99. The number of carbonyl (C=O) groups is 2. The molecule has 4 rings (SSSR count). The minimum Gasteiger partial charge on any atom is -0.361 e. The van der Waals surface area contributed by atoms with Crippen LogP contribution in [-0.4, -0.2) is 39.9 Å². The second kappa shape index (κ2) is 8.95. The third-order valence-electron chi connectivity index (χ3n) is 4.69. The van der Waals surface area contributed by atoms with E-state index in [9.17, 15) is 9.59 Å². The lowest BCUT2D eigenvalue weighted by Crippen LogP contribution is -2.39. The van der Waals surface area contributed by atoms with Crippen molar-refractivity contribution in [2.75, 3.05) is 18.4 Å². The first kappa shape index (κ1) is 20.5. The van der Waals surface area contributed by atoms with Gasteiger partial charge >= 0.3 is 0 Å². The summed E-state index contributed by atoms with van der Waals surface area (Å²) >= 11 is 7.54. The van der Waals surface area contributed by atoms with Crippen molar-refractivity contribution in [2.45, 2.75) is 26.4 Å². The molecular formula is C20H20ClN5O3S. The smallest absolute Gasteiger partial charge is 0.279 e. The van der Waals surface area contributed by atoms with E-state index in [1.54, 1.807) is 19.1 Å². The van der Waals surface area contributed by atoms with Crippen LogP contribution in [0, 0.1) is 6.92 Å². The van der Waals surface area contributed by atoms with Crippen LogP contribution in [0.5, 0.6) is 0 Å². The van der Waals surface area contributed by atoms with E-state index in [0.717, 1.165) is 29.1 Å². The lowest BCUT2D eigenvalue weighted by molar-refractivity contribution is -0.122. The number of nitrogens with one attached hydrogen (secondary N) is 2. The molecule has 2 N–H and O–H groups in total. The highest BCUT2D eigenvalue weighted by Gasteiger charge is 2.23. The highest BCUT2D eigenvalue weighted by atomic mass is 35.5. The molecule has 1 aliphatic heterocycles. The molecule has 0 saturated heterocycles. The highest BCUT2D eigenvalue weighted by Crippen LogP contribution is 2.28. The molecule has 30 heavy (non-hydrogen) atoms. The van der Waals surface area contributed by atoms with Crippen LogP contribution in [0.25, 0.3) is 0 Å². The fraction of sp³-hybridized carbons (Fsp3) is 0.300. The number of anilines is 1. The SMILES string of the molecule is Cc1cc(C(=O)Nc2nc3c(s2)CN(CC(=O)NCc2ccccc2Cl)CC3)no1. The molecule has 0 fully saturated rings. The first-order valence-electron chi connectivity index (χ1n) is 9.43. The van der Waals surface area contributed by atoms with E-state index in [4.69, 9.17) is 16.1 Å². The molecule has 1 aliphatic rings. The molecule has 10 heteroatoms. The van der Waals surface area contributed by atoms with Gasteiger partial charge in [-0.2, -0.15) is 0 Å². The number of thiazole rings is 1. The maximum atomic E-state index is 12.3. The summed E-state index contributed by atoms with van der Waals surface area (Å²) in [6, 6.07) is 9.02. The molecule has 3 heterocycles. The van der Waals surface area contributed by atoms with Gasteiger partial charge in [-0.25, -0.2) is 4.98 Å². The molecule has 2 aromatic heterocycles. The average molecular weight is 446 g/mol. The first-order chi connectivity index (χ1) is 14.5. The lowest BCUT2D eigenvalue weighted by Gasteiger charge is -2.25. The van der Waals surface area contributed by atoms with E-state index in [0.29, 0.717) is 35.5 Å². The van der Waals surface area contributed by atoms with Gasteiger partial charge in [0, 0.05) is 42.0 Å². The molecule has 0 saturated carbocycles. The van der Waals surface area contributed by atoms with Gasteiger partial charge in [-0.3, -0.25) is 19.8 Å². The molecule has 0 radical (unpaired) electrons. The number of fused-ring (bicyclic) bond motifs is 1.